The largest absolute Gasteiger partial charge is 0.481 e. The average molecular weight is 507 g/mol. The third kappa shape index (κ3) is 6.07. The number of aliphatic carboxylic acids is 1. The van der Waals surface area contributed by atoms with Crippen molar-refractivity contribution in [2.45, 2.75) is 12.8 Å². The summed E-state index contributed by atoms with van der Waals surface area (Å²) in [5.74, 6) is -4.30. The molecule has 1 aromatic heterocycles. The Labute approximate surface area is 206 Å². The second kappa shape index (κ2) is 10.9. The molecule has 0 saturated carbocycles. The number of hydrogen-bond acceptors (Lipinski definition) is 9. The molecular formula is C23H17N5O7S. The van der Waals surface area contributed by atoms with Crippen molar-refractivity contribution < 1.29 is 34.5 Å². The second-order valence-corrected chi connectivity index (χ2v) is 8.27. The summed E-state index contributed by atoms with van der Waals surface area (Å²) in [7, 11) is 0. The SMILES string of the molecule is N#Cc1c(N)sc(N=Nc2cc(C(=O)O)cc(C(=O)O)c2)c1-c1cccc(NC(=O)CCC(=O)O)c1. The summed E-state index contributed by atoms with van der Waals surface area (Å²) >= 11 is 0.941. The lowest BCUT2D eigenvalue weighted by atomic mass is 10.0. The van der Waals surface area contributed by atoms with Crippen molar-refractivity contribution in [2.24, 2.45) is 10.2 Å². The molecule has 0 aliphatic heterocycles. The van der Waals surface area contributed by atoms with E-state index in [4.69, 9.17) is 10.8 Å². The molecule has 0 unspecified atom stereocenters. The third-order valence-corrected chi connectivity index (χ3v) is 5.60. The van der Waals surface area contributed by atoms with Crippen LogP contribution in [0.3, 0.4) is 0 Å². The standard InChI is InChI=1S/C23H17N5O7S/c24-10-16-19(11-2-1-3-14(7-11)26-17(29)4-5-18(30)31)21(36-20(16)25)28-27-15-8-12(22(32)33)6-13(9-15)23(34)35/h1-3,6-9H,4-5,25H2,(H,26,29)(H,30,31)(H,32,33)(H,34,35). The van der Waals surface area contributed by atoms with E-state index < -0.39 is 23.8 Å². The molecule has 1 heterocycles. The summed E-state index contributed by atoms with van der Waals surface area (Å²) in [5, 5.41) is 47.8. The number of rotatable bonds is 9. The first-order valence-corrected chi connectivity index (χ1v) is 10.9. The van der Waals surface area contributed by atoms with Gasteiger partial charge in [0, 0.05) is 17.7 Å². The number of nitriles is 1. The van der Waals surface area contributed by atoms with Crippen LogP contribution in [0.1, 0.15) is 39.1 Å². The van der Waals surface area contributed by atoms with Crippen molar-refractivity contribution in [3.8, 4) is 17.2 Å². The number of carboxylic acids is 3. The van der Waals surface area contributed by atoms with E-state index in [1.54, 1.807) is 24.3 Å². The Balaban J connectivity index is 2.00. The highest BCUT2D eigenvalue weighted by Crippen LogP contribution is 2.45. The number of carbonyl (C=O) groups is 4. The van der Waals surface area contributed by atoms with Gasteiger partial charge in [-0.25, -0.2) is 9.59 Å². The highest BCUT2D eigenvalue weighted by Gasteiger charge is 2.19. The summed E-state index contributed by atoms with van der Waals surface area (Å²) in [4.78, 5) is 45.4. The molecule has 0 saturated heterocycles. The van der Waals surface area contributed by atoms with Crippen molar-refractivity contribution >= 4 is 56.5 Å². The zero-order chi connectivity index (χ0) is 26.4. The number of nitrogens with one attached hydrogen (secondary N) is 1. The molecule has 13 heteroatoms. The number of carbonyl (C=O) groups excluding carboxylic acids is 1. The Kier molecular flexibility index (Phi) is 7.72. The first-order valence-electron chi connectivity index (χ1n) is 10.1. The van der Waals surface area contributed by atoms with Gasteiger partial charge in [-0.1, -0.05) is 23.5 Å². The first-order chi connectivity index (χ1) is 17.1. The van der Waals surface area contributed by atoms with Gasteiger partial charge < -0.3 is 26.4 Å². The predicted molar refractivity (Wildman–Crippen MR) is 129 cm³/mol. The van der Waals surface area contributed by atoms with Gasteiger partial charge in [0.2, 0.25) is 5.91 Å². The number of amides is 1. The zero-order valence-corrected chi connectivity index (χ0v) is 19.1. The summed E-state index contributed by atoms with van der Waals surface area (Å²) in [6.45, 7) is 0. The topological polar surface area (TPSA) is 216 Å². The molecule has 6 N–H and O–H groups in total. The molecule has 2 aromatic carbocycles. The fourth-order valence-corrected chi connectivity index (χ4v) is 3.96. The van der Waals surface area contributed by atoms with Gasteiger partial charge in [-0.05, 0) is 35.9 Å². The highest BCUT2D eigenvalue weighted by atomic mass is 32.1. The van der Waals surface area contributed by atoms with Crippen molar-refractivity contribution in [1.29, 1.82) is 5.26 Å². The van der Waals surface area contributed by atoms with Gasteiger partial charge in [0.1, 0.15) is 16.1 Å². The molecule has 0 aliphatic rings. The number of anilines is 2. The van der Waals surface area contributed by atoms with Crippen LogP contribution in [0.25, 0.3) is 11.1 Å². The molecule has 1 amide bonds. The first kappa shape index (κ1) is 25.5. The van der Waals surface area contributed by atoms with Gasteiger partial charge in [0.25, 0.3) is 0 Å². The van der Waals surface area contributed by atoms with Crippen LogP contribution < -0.4 is 11.1 Å². The van der Waals surface area contributed by atoms with Crippen LogP contribution in [0, 0.1) is 11.3 Å². The second-order valence-electron chi connectivity index (χ2n) is 7.23. The number of hydrogen-bond donors (Lipinski definition) is 5. The van der Waals surface area contributed by atoms with E-state index in [0.29, 0.717) is 16.8 Å². The van der Waals surface area contributed by atoms with Crippen molar-refractivity contribution in [1.82, 2.24) is 0 Å². The number of benzene rings is 2. The summed E-state index contributed by atoms with van der Waals surface area (Å²) < 4.78 is 0. The lowest BCUT2D eigenvalue weighted by Crippen LogP contribution is -2.13. The maximum atomic E-state index is 12.0. The van der Waals surface area contributed by atoms with Crippen molar-refractivity contribution in [3.05, 3.63) is 59.2 Å². The third-order valence-electron chi connectivity index (χ3n) is 4.70. The Morgan fingerprint density at radius 1 is 0.972 bits per heavy atom. The van der Waals surface area contributed by atoms with E-state index in [9.17, 15) is 34.7 Å². The van der Waals surface area contributed by atoms with E-state index in [1.165, 1.54) is 0 Å². The summed E-state index contributed by atoms with van der Waals surface area (Å²) in [5.41, 5.74) is 6.57. The Morgan fingerprint density at radius 3 is 2.22 bits per heavy atom. The van der Waals surface area contributed by atoms with Crippen LogP contribution in [-0.2, 0) is 9.59 Å². The van der Waals surface area contributed by atoms with E-state index in [2.05, 4.69) is 15.5 Å². The van der Waals surface area contributed by atoms with Crippen LogP contribution in [0.4, 0.5) is 21.4 Å². The normalized spacial score (nSPS) is 10.6. The Morgan fingerprint density at radius 2 is 1.64 bits per heavy atom. The van der Waals surface area contributed by atoms with Gasteiger partial charge in [0.05, 0.1) is 28.8 Å². The van der Waals surface area contributed by atoms with E-state index in [1.807, 2.05) is 6.07 Å². The average Bonchev–Trinajstić information content (AvgIpc) is 3.16. The number of aromatic carboxylic acids is 2. The lowest BCUT2D eigenvalue weighted by Gasteiger charge is -2.07. The number of nitrogens with two attached hydrogens (primary N) is 1. The molecule has 36 heavy (non-hydrogen) atoms. The molecule has 0 atom stereocenters. The maximum Gasteiger partial charge on any atom is 0.335 e. The van der Waals surface area contributed by atoms with Gasteiger partial charge in [-0.3, -0.25) is 9.59 Å². The number of nitrogens with zero attached hydrogens (tertiary/aromatic N) is 3. The molecule has 0 aliphatic carbocycles. The fraction of sp³-hybridized carbons (Fsp3) is 0.0870. The molecule has 182 valence electrons. The number of thiophene rings is 1. The fourth-order valence-electron chi connectivity index (χ4n) is 3.10. The number of carboxylic acid groups (broad SMARTS) is 3. The van der Waals surface area contributed by atoms with Crippen molar-refractivity contribution in [2.75, 3.05) is 11.1 Å². The molecule has 0 spiro atoms. The van der Waals surface area contributed by atoms with Gasteiger partial charge in [-0.15, -0.1) is 10.2 Å². The highest BCUT2D eigenvalue weighted by molar-refractivity contribution is 7.20. The molecule has 3 rings (SSSR count). The number of azo groups is 1. The lowest BCUT2D eigenvalue weighted by molar-refractivity contribution is -0.138. The molecule has 0 fully saturated rings. The van der Waals surface area contributed by atoms with E-state index >= 15 is 0 Å². The van der Waals surface area contributed by atoms with Gasteiger partial charge in [-0.2, -0.15) is 5.26 Å². The Hall–Kier alpha value is -5.09. The molecule has 12 nitrogen and oxygen atoms in total. The number of nitrogen functional groups attached to an aromatic ring is 1. The monoisotopic (exact) mass is 507 g/mol. The quantitative estimate of drug-likeness (QED) is 0.257. The summed E-state index contributed by atoms with van der Waals surface area (Å²) in [6, 6.07) is 11.7. The smallest absolute Gasteiger partial charge is 0.335 e. The maximum absolute atomic E-state index is 12.0. The minimum atomic E-state index is -1.34. The Bertz CT molecular complexity index is 1420. The van der Waals surface area contributed by atoms with E-state index in [-0.39, 0.29) is 45.2 Å². The zero-order valence-electron chi connectivity index (χ0n) is 18.3. The molecule has 0 bridgehead atoms. The van der Waals surface area contributed by atoms with Crippen LogP contribution in [0.15, 0.2) is 52.7 Å². The van der Waals surface area contributed by atoms with Gasteiger partial charge in [0.15, 0.2) is 0 Å². The van der Waals surface area contributed by atoms with E-state index in [0.717, 1.165) is 29.5 Å². The van der Waals surface area contributed by atoms with Gasteiger partial charge >= 0.3 is 17.9 Å². The van der Waals surface area contributed by atoms with Crippen LogP contribution in [0.2, 0.25) is 0 Å². The molecular weight excluding hydrogens is 490 g/mol. The molecule has 0 radical (unpaired) electrons. The van der Waals surface area contributed by atoms with Crippen molar-refractivity contribution in [3.63, 3.8) is 0 Å². The minimum Gasteiger partial charge on any atom is -0.481 e. The van der Waals surface area contributed by atoms with Crippen LogP contribution >= 0.6 is 11.3 Å². The minimum absolute atomic E-state index is 0.0387. The predicted octanol–water partition coefficient (Wildman–Crippen LogP) is 4.48. The molecule has 3 aromatic rings. The van der Waals surface area contributed by atoms with Crippen LogP contribution in [-0.4, -0.2) is 39.1 Å². The van der Waals surface area contributed by atoms with Crippen LogP contribution in [0.5, 0.6) is 0 Å². The summed E-state index contributed by atoms with van der Waals surface area (Å²) in [6.07, 6.45) is -0.552.